The van der Waals surface area contributed by atoms with Gasteiger partial charge in [0.2, 0.25) is 0 Å². The third-order valence-electron chi connectivity index (χ3n) is 5.17. The topological polar surface area (TPSA) is 109 Å². The molecule has 2 amide bonds. The number of ether oxygens (including phenoxy) is 1. The van der Waals surface area contributed by atoms with E-state index in [0.29, 0.717) is 28.3 Å². The van der Waals surface area contributed by atoms with Crippen LogP contribution in [0, 0.1) is 6.92 Å². The normalized spacial score (nSPS) is 15.0. The van der Waals surface area contributed by atoms with Crippen LogP contribution in [0.2, 0.25) is 0 Å². The molecule has 0 radical (unpaired) electrons. The SMILES string of the molecule is COc1ccccc1N1C(=O)C(=Cc2ccc(-c3cccc(C(=O)O)c3C)o2)C(=O)NC1=S. The van der Waals surface area contributed by atoms with Crippen molar-refractivity contribution in [1.29, 1.82) is 0 Å². The van der Waals surface area contributed by atoms with Gasteiger partial charge in [0.1, 0.15) is 22.8 Å². The van der Waals surface area contributed by atoms with Crippen LogP contribution in [0.4, 0.5) is 5.69 Å². The maximum atomic E-state index is 13.2. The van der Waals surface area contributed by atoms with Crippen molar-refractivity contribution in [2.24, 2.45) is 0 Å². The number of hydrogen-bond donors (Lipinski definition) is 2. The molecule has 2 N–H and O–H groups in total. The standard InChI is InChI=1S/C24H18N2O6S/c1-13-15(6-5-7-16(13)23(29)30)19-11-10-14(32-19)12-17-21(27)25-24(33)26(22(17)28)18-8-3-4-9-20(18)31-2/h3-12H,1-2H3,(H,29,30)(H,25,27,33). The number of methoxy groups -OCH3 is 1. The fourth-order valence-corrected chi connectivity index (χ4v) is 3.82. The highest BCUT2D eigenvalue weighted by molar-refractivity contribution is 7.80. The van der Waals surface area contributed by atoms with E-state index >= 15 is 0 Å². The van der Waals surface area contributed by atoms with Crippen molar-refractivity contribution in [2.75, 3.05) is 12.0 Å². The van der Waals surface area contributed by atoms with E-state index < -0.39 is 17.8 Å². The molecule has 0 unspecified atom stereocenters. The summed E-state index contributed by atoms with van der Waals surface area (Å²) in [5.41, 5.74) is 1.51. The molecule has 1 aliphatic heterocycles. The molecule has 8 nitrogen and oxygen atoms in total. The van der Waals surface area contributed by atoms with Crippen molar-refractivity contribution in [3.63, 3.8) is 0 Å². The van der Waals surface area contributed by atoms with Gasteiger partial charge >= 0.3 is 5.97 Å². The van der Waals surface area contributed by atoms with E-state index in [0.717, 1.165) is 0 Å². The zero-order valence-electron chi connectivity index (χ0n) is 17.6. The van der Waals surface area contributed by atoms with E-state index in [1.807, 2.05) is 0 Å². The lowest BCUT2D eigenvalue weighted by atomic mass is 10.0. The molecule has 0 bridgehead atoms. The molecule has 0 spiro atoms. The van der Waals surface area contributed by atoms with Gasteiger partial charge in [0.15, 0.2) is 5.11 Å². The predicted molar refractivity (Wildman–Crippen MR) is 125 cm³/mol. The molecular weight excluding hydrogens is 444 g/mol. The highest BCUT2D eigenvalue weighted by atomic mass is 32.1. The zero-order valence-corrected chi connectivity index (χ0v) is 18.4. The highest BCUT2D eigenvalue weighted by Gasteiger charge is 2.36. The molecule has 2 heterocycles. The van der Waals surface area contributed by atoms with Crippen LogP contribution in [0.15, 0.2) is 64.6 Å². The molecule has 1 fully saturated rings. The second-order valence-electron chi connectivity index (χ2n) is 7.12. The number of carbonyl (C=O) groups excluding carboxylic acids is 2. The first kappa shape index (κ1) is 22.0. The summed E-state index contributed by atoms with van der Waals surface area (Å²) >= 11 is 5.22. The van der Waals surface area contributed by atoms with E-state index in [9.17, 15) is 19.5 Å². The maximum absolute atomic E-state index is 13.2. The van der Waals surface area contributed by atoms with Gasteiger partial charge in [-0.1, -0.05) is 24.3 Å². The lowest BCUT2D eigenvalue weighted by Crippen LogP contribution is -2.54. The smallest absolute Gasteiger partial charge is 0.335 e. The number of nitrogens with one attached hydrogen (secondary N) is 1. The van der Waals surface area contributed by atoms with Crippen LogP contribution in [-0.2, 0) is 9.59 Å². The summed E-state index contributed by atoms with van der Waals surface area (Å²) in [6.07, 6.45) is 1.32. The van der Waals surface area contributed by atoms with E-state index in [4.69, 9.17) is 21.4 Å². The number of carboxylic acid groups (broad SMARTS) is 1. The molecule has 4 rings (SSSR count). The Kier molecular flexibility index (Phi) is 5.80. The summed E-state index contributed by atoms with van der Waals surface area (Å²) in [5.74, 6) is -1.26. The quantitative estimate of drug-likeness (QED) is 0.337. The second-order valence-corrected chi connectivity index (χ2v) is 7.50. The lowest BCUT2D eigenvalue weighted by molar-refractivity contribution is -0.122. The molecule has 33 heavy (non-hydrogen) atoms. The van der Waals surface area contributed by atoms with Crippen molar-refractivity contribution >= 4 is 46.9 Å². The van der Waals surface area contributed by atoms with E-state index in [1.165, 1.54) is 24.2 Å². The van der Waals surface area contributed by atoms with Gasteiger partial charge in [0, 0.05) is 5.56 Å². The molecule has 0 saturated carbocycles. The van der Waals surface area contributed by atoms with Gasteiger partial charge in [-0.25, -0.2) is 9.69 Å². The number of nitrogens with zero attached hydrogens (tertiary/aromatic N) is 1. The van der Waals surface area contributed by atoms with Gasteiger partial charge in [-0.2, -0.15) is 0 Å². The molecule has 2 aromatic carbocycles. The van der Waals surface area contributed by atoms with Gasteiger partial charge in [-0.3, -0.25) is 14.9 Å². The Hall–Kier alpha value is -4.24. The fourth-order valence-electron chi connectivity index (χ4n) is 3.54. The van der Waals surface area contributed by atoms with Crippen molar-refractivity contribution in [3.05, 3.63) is 77.1 Å². The Bertz CT molecular complexity index is 1340. The molecule has 0 atom stereocenters. The average molecular weight is 462 g/mol. The molecular formula is C24H18N2O6S. The molecule has 3 aromatic rings. The third kappa shape index (κ3) is 4.01. The van der Waals surface area contributed by atoms with Crippen molar-refractivity contribution in [1.82, 2.24) is 5.32 Å². The van der Waals surface area contributed by atoms with Gasteiger partial charge < -0.3 is 14.3 Å². The number of benzene rings is 2. The van der Waals surface area contributed by atoms with Crippen molar-refractivity contribution < 1.29 is 28.6 Å². The van der Waals surface area contributed by atoms with E-state index in [2.05, 4.69) is 5.32 Å². The van der Waals surface area contributed by atoms with Crippen LogP contribution in [0.5, 0.6) is 5.75 Å². The summed E-state index contributed by atoms with van der Waals surface area (Å²) in [4.78, 5) is 38.4. The highest BCUT2D eigenvalue weighted by Crippen LogP contribution is 2.32. The third-order valence-corrected chi connectivity index (χ3v) is 5.46. The largest absolute Gasteiger partial charge is 0.495 e. The molecule has 1 aliphatic rings. The zero-order chi connectivity index (χ0) is 23.7. The molecule has 9 heteroatoms. The summed E-state index contributed by atoms with van der Waals surface area (Å²) in [7, 11) is 1.47. The van der Waals surface area contributed by atoms with E-state index in [1.54, 1.807) is 55.5 Å². The minimum Gasteiger partial charge on any atom is -0.495 e. The Morgan fingerprint density at radius 2 is 1.88 bits per heavy atom. The summed E-state index contributed by atoms with van der Waals surface area (Å²) < 4.78 is 11.1. The number of anilines is 1. The Labute approximate surface area is 194 Å². The number of amides is 2. The lowest BCUT2D eigenvalue weighted by Gasteiger charge is -2.29. The monoisotopic (exact) mass is 462 g/mol. The van der Waals surface area contributed by atoms with Crippen LogP contribution in [0.25, 0.3) is 17.4 Å². The number of carbonyl (C=O) groups is 3. The Balaban J connectivity index is 1.71. The minimum atomic E-state index is -1.04. The molecule has 1 aromatic heterocycles. The Morgan fingerprint density at radius 3 is 2.61 bits per heavy atom. The number of aromatic carboxylic acids is 1. The predicted octanol–water partition coefficient (Wildman–Crippen LogP) is 3.79. The van der Waals surface area contributed by atoms with Crippen LogP contribution in [0.3, 0.4) is 0 Å². The van der Waals surface area contributed by atoms with Gasteiger partial charge in [-0.05, 0) is 61.1 Å². The van der Waals surface area contributed by atoms with Gasteiger partial charge in [0.25, 0.3) is 11.8 Å². The van der Waals surface area contributed by atoms with Crippen molar-refractivity contribution in [2.45, 2.75) is 6.92 Å². The average Bonchev–Trinajstić information content (AvgIpc) is 3.25. The molecule has 0 aliphatic carbocycles. The molecule has 1 saturated heterocycles. The maximum Gasteiger partial charge on any atom is 0.335 e. The first-order valence-corrected chi connectivity index (χ1v) is 10.2. The Morgan fingerprint density at radius 1 is 1.12 bits per heavy atom. The summed E-state index contributed by atoms with van der Waals surface area (Å²) in [6.45, 7) is 1.68. The van der Waals surface area contributed by atoms with Crippen LogP contribution in [0.1, 0.15) is 21.7 Å². The fraction of sp³-hybridized carbons (Fsp3) is 0.0833. The number of hydrogen-bond acceptors (Lipinski definition) is 6. The van der Waals surface area contributed by atoms with E-state index in [-0.39, 0.29) is 22.0 Å². The minimum absolute atomic E-state index is 0.0621. The van der Waals surface area contributed by atoms with Crippen LogP contribution in [-0.4, -0.2) is 35.1 Å². The second kappa shape index (κ2) is 8.71. The van der Waals surface area contributed by atoms with Gasteiger partial charge in [0.05, 0.1) is 18.4 Å². The van der Waals surface area contributed by atoms with Crippen LogP contribution < -0.4 is 15.0 Å². The summed E-state index contributed by atoms with van der Waals surface area (Å²) in [6, 6.07) is 14.9. The van der Waals surface area contributed by atoms with Crippen molar-refractivity contribution in [3.8, 4) is 17.1 Å². The van der Waals surface area contributed by atoms with Gasteiger partial charge in [-0.15, -0.1) is 0 Å². The molecule has 166 valence electrons. The number of carboxylic acids is 1. The number of para-hydroxylation sites is 2. The number of furan rings is 1. The van der Waals surface area contributed by atoms with Crippen LogP contribution >= 0.6 is 12.2 Å². The first-order chi connectivity index (χ1) is 15.8. The summed E-state index contributed by atoms with van der Waals surface area (Å²) in [5, 5.41) is 11.8. The first-order valence-electron chi connectivity index (χ1n) is 9.79. The number of thiocarbonyl (C=S) groups is 1. The number of rotatable bonds is 5.